The van der Waals surface area contributed by atoms with Crippen LogP contribution < -0.4 is 0 Å². The molecule has 0 N–H and O–H groups in total. The number of hydrogen-bond donors (Lipinski definition) is 0. The average Bonchev–Trinajstić information content (AvgIpc) is 3.12. The minimum absolute atomic E-state index is 0.222. The van der Waals surface area contributed by atoms with Crippen molar-refractivity contribution in [2.24, 2.45) is 0 Å². The molecule has 130 valence electrons. The van der Waals surface area contributed by atoms with E-state index >= 15 is 0 Å². The van der Waals surface area contributed by atoms with Gasteiger partial charge in [-0.2, -0.15) is 18.3 Å². The lowest BCUT2D eigenvalue weighted by atomic mass is 10.1. The van der Waals surface area contributed by atoms with Crippen molar-refractivity contribution in [3.05, 3.63) is 51.3 Å². The topological polar surface area (TPSA) is 34.9 Å². The largest absolute Gasteiger partial charge is 0.417 e. The molecule has 3 nitrogen and oxygen atoms in total. The highest BCUT2D eigenvalue weighted by Crippen LogP contribution is 2.36. The van der Waals surface area contributed by atoms with Gasteiger partial charge in [-0.25, -0.2) is 4.68 Å². The number of halogens is 4. The summed E-state index contributed by atoms with van der Waals surface area (Å²) in [7, 11) is 0. The normalized spacial score (nSPS) is 13.3. The van der Waals surface area contributed by atoms with E-state index in [1.54, 1.807) is 6.92 Å². The molecule has 0 radical (unpaired) electrons. The molecule has 0 aliphatic heterocycles. The summed E-state index contributed by atoms with van der Waals surface area (Å²) in [6.45, 7) is 5.76. The molecule has 0 fully saturated rings. The molecular weight excluding hydrogens is 341 g/mol. The molecule has 1 heterocycles. The second-order valence-electron chi connectivity index (χ2n) is 5.24. The Labute approximate surface area is 143 Å². The number of fused-ring (bicyclic) bond motifs is 1. The second kappa shape index (κ2) is 6.97. The Balaban J connectivity index is 0.00000100. The number of alkyl halides is 3. The zero-order valence-corrected chi connectivity index (χ0v) is 14.4. The first-order valence-electron chi connectivity index (χ1n) is 7.78. The summed E-state index contributed by atoms with van der Waals surface area (Å²) in [5.74, 6) is -0.829. The Morgan fingerprint density at radius 1 is 1.25 bits per heavy atom. The molecule has 0 unspecified atom stereocenters. The van der Waals surface area contributed by atoms with E-state index in [0.717, 1.165) is 29.2 Å². The maximum Gasteiger partial charge on any atom is 0.417 e. The second-order valence-corrected chi connectivity index (χ2v) is 5.65. The molecule has 0 amide bonds. The predicted molar refractivity (Wildman–Crippen MR) is 86.5 cm³/mol. The van der Waals surface area contributed by atoms with Gasteiger partial charge in [-0.05, 0) is 43.9 Å². The minimum Gasteiger partial charge on any atom is -0.267 e. The first-order chi connectivity index (χ1) is 11.3. The van der Waals surface area contributed by atoms with E-state index in [-0.39, 0.29) is 5.02 Å². The van der Waals surface area contributed by atoms with Crippen LogP contribution in [0.25, 0.3) is 0 Å². The van der Waals surface area contributed by atoms with E-state index in [1.165, 1.54) is 12.1 Å². The van der Waals surface area contributed by atoms with Crippen LogP contribution in [0.15, 0.2) is 18.2 Å². The first-order valence-corrected chi connectivity index (χ1v) is 8.16. The molecule has 1 aromatic carbocycles. The molecule has 1 aliphatic rings. The monoisotopic (exact) mass is 358 g/mol. The zero-order valence-electron chi connectivity index (χ0n) is 13.7. The van der Waals surface area contributed by atoms with Crippen LogP contribution in [0.5, 0.6) is 0 Å². The maximum absolute atomic E-state index is 13.1. The predicted octanol–water partition coefficient (Wildman–Crippen LogP) is 5.07. The number of nitrogens with zero attached hydrogens (tertiary/aromatic N) is 2. The van der Waals surface area contributed by atoms with Gasteiger partial charge in [0.1, 0.15) is 0 Å². The van der Waals surface area contributed by atoms with Gasteiger partial charge in [-0.3, -0.25) is 4.79 Å². The van der Waals surface area contributed by atoms with Crippen molar-refractivity contribution in [3.8, 4) is 0 Å². The van der Waals surface area contributed by atoms with Crippen LogP contribution >= 0.6 is 11.6 Å². The lowest BCUT2D eigenvalue weighted by molar-refractivity contribution is -0.137. The molecule has 0 saturated carbocycles. The van der Waals surface area contributed by atoms with Crippen molar-refractivity contribution in [1.29, 1.82) is 0 Å². The molecular formula is C17H18ClF3N2O. The number of aryl methyl sites for hydroxylation is 1. The van der Waals surface area contributed by atoms with Crippen molar-refractivity contribution in [1.82, 2.24) is 9.78 Å². The molecule has 24 heavy (non-hydrogen) atoms. The molecule has 7 heteroatoms. The molecule has 0 atom stereocenters. The molecule has 1 aromatic heterocycles. The summed E-state index contributed by atoms with van der Waals surface area (Å²) >= 11 is 5.88. The lowest BCUT2D eigenvalue weighted by Gasteiger charge is -2.14. The number of hydrogen-bond acceptors (Lipinski definition) is 2. The Hall–Kier alpha value is -1.82. The molecule has 0 saturated heterocycles. The van der Waals surface area contributed by atoms with Crippen LogP contribution in [0, 0.1) is 6.92 Å². The summed E-state index contributed by atoms with van der Waals surface area (Å²) < 4.78 is 40.5. The Morgan fingerprint density at radius 3 is 2.54 bits per heavy atom. The lowest BCUT2D eigenvalue weighted by Crippen LogP contribution is -2.21. The van der Waals surface area contributed by atoms with Gasteiger partial charge in [0.15, 0.2) is 0 Å². The third-order valence-corrected chi connectivity index (χ3v) is 4.17. The maximum atomic E-state index is 13.1. The van der Waals surface area contributed by atoms with E-state index in [2.05, 4.69) is 5.10 Å². The molecule has 0 spiro atoms. The van der Waals surface area contributed by atoms with Crippen LogP contribution in [0.3, 0.4) is 0 Å². The Kier molecular flexibility index (Phi) is 5.38. The fraction of sp³-hybridized carbons (Fsp3) is 0.412. The SMILES string of the molecule is CC.Cc1nn(C(=O)c2c(Cl)cccc2C(F)(F)F)c2c1CCC2. The number of carbonyl (C=O) groups excluding carboxylic acids is 1. The summed E-state index contributed by atoms with van der Waals surface area (Å²) in [6.07, 6.45) is -2.35. The van der Waals surface area contributed by atoms with E-state index in [1.807, 2.05) is 13.8 Å². The van der Waals surface area contributed by atoms with Crippen molar-refractivity contribution in [2.75, 3.05) is 0 Å². The summed E-state index contributed by atoms with van der Waals surface area (Å²) in [4.78, 5) is 12.6. The molecule has 1 aliphatic carbocycles. The molecule has 0 bridgehead atoms. The van der Waals surface area contributed by atoms with Gasteiger partial charge in [0.05, 0.1) is 27.5 Å². The Bertz CT molecular complexity index is 766. The van der Waals surface area contributed by atoms with Gasteiger partial charge >= 0.3 is 6.18 Å². The smallest absolute Gasteiger partial charge is 0.267 e. The fourth-order valence-corrected chi connectivity index (χ4v) is 3.13. The summed E-state index contributed by atoms with van der Waals surface area (Å²) in [6, 6.07) is 3.32. The average molecular weight is 359 g/mol. The highest BCUT2D eigenvalue weighted by Gasteiger charge is 2.37. The van der Waals surface area contributed by atoms with E-state index in [4.69, 9.17) is 11.6 Å². The van der Waals surface area contributed by atoms with Crippen LogP contribution in [-0.4, -0.2) is 15.7 Å². The van der Waals surface area contributed by atoms with Gasteiger partial charge in [0, 0.05) is 0 Å². The minimum atomic E-state index is -4.65. The van der Waals surface area contributed by atoms with Gasteiger partial charge in [-0.15, -0.1) is 0 Å². The third-order valence-electron chi connectivity index (χ3n) is 3.86. The quantitative estimate of drug-likeness (QED) is 0.713. The third kappa shape index (κ3) is 3.20. The van der Waals surface area contributed by atoms with Crippen molar-refractivity contribution >= 4 is 17.5 Å². The first kappa shape index (κ1) is 18.5. The van der Waals surface area contributed by atoms with Crippen molar-refractivity contribution < 1.29 is 18.0 Å². The highest BCUT2D eigenvalue weighted by molar-refractivity contribution is 6.34. The van der Waals surface area contributed by atoms with Crippen LogP contribution in [0.1, 0.15) is 53.1 Å². The summed E-state index contributed by atoms with van der Waals surface area (Å²) in [5, 5.41) is 3.89. The molecule has 3 rings (SSSR count). The zero-order chi connectivity index (χ0) is 18.1. The molecule has 2 aromatic rings. The van der Waals surface area contributed by atoms with Gasteiger partial charge < -0.3 is 0 Å². The van der Waals surface area contributed by atoms with Crippen molar-refractivity contribution in [2.45, 2.75) is 46.2 Å². The number of rotatable bonds is 1. The van der Waals surface area contributed by atoms with Gasteiger partial charge in [0.2, 0.25) is 0 Å². The Morgan fingerprint density at radius 2 is 1.92 bits per heavy atom. The van der Waals surface area contributed by atoms with Crippen LogP contribution in [0.2, 0.25) is 5.02 Å². The van der Waals surface area contributed by atoms with E-state index < -0.39 is 23.2 Å². The van der Waals surface area contributed by atoms with Gasteiger partial charge in [-0.1, -0.05) is 31.5 Å². The standard InChI is InChI=1S/C15H12ClF3N2O.C2H6/c1-8-9-4-2-7-12(9)21(20-8)14(22)13-10(15(17,18)19)5-3-6-11(13)16;1-2/h3,5-6H,2,4,7H2,1H3;1-2H3. The number of aromatic nitrogens is 2. The van der Waals surface area contributed by atoms with Crippen molar-refractivity contribution in [3.63, 3.8) is 0 Å². The van der Waals surface area contributed by atoms with Gasteiger partial charge in [0.25, 0.3) is 5.91 Å². The van der Waals surface area contributed by atoms with E-state index in [0.29, 0.717) is 17.8 Å². The number of benzene rings is 1. The fourth-order valence-electron chi connectivity index (χ4n) is 2.87. The van der Waals surface area contributed by atoms with Crippen LogP contribution in [-0.2, 0) is 19.0 Å². The highest BCUT2D eigenvalue weighted by atomic mass is 35.5. The van der Waals surface area contributed by atoms with Crippen LogP contribution in [0.4, 0.5) is 13.2 Å². The summed E-state index contributed by atoms with van der Waals surface area (Å²) in [5.41, 5.74) is 0.740. The number of carbonyl (C=O) groups is 1. The van der Waals surface area contributed by atoms with E-state index in [9.17, 15) is 18.0 Å².